The number of hydrogen-bond donors (Lipinski definition) is 7. The van der Waals surface area contributed by atoms with Crippen LogP contribution in [0, 0.1) is 0 Å². The number of nitrogens with one attached hydrogen (secondary N) is 4. The van der Waals surface area contributed by atoms with Gasteiger partial charge in [0.25, 0.3) is 5.91 Å². The number of hydrogen-bond acceptors (Lipinski definition) is 12. The summed E-state index contributed by atoms with van der Waals surface area (Å²) >= 11 is 2.66. The van der Waals surface area contributed by atoms with Crippen LogP contribution in [0.15, 0.2) is 88.4 Å². The van der Waals surface area contributed by atoms with Crippen molar-refractivity contribution in [2.24, 2.45) is 0 Å². The van der Waals surface area contributed by atoms with E-state index < -0.39 is 17.7 Å². The lowest BCUT2D eigenvalue weighted by Crippen LogP contribution is -2.43. The van der Waals surface area contributed by atoms with Gasteiger partial charge in [-0.2, -0.15) is 0 Å². The van der Waals surface area contributed by atoms with E-state index >= 15 is 0 Å². The Morgan fingerprint density at radius 1 is 0.944 bits per heavy atom. The maximum Gasteiger partial charge on any atom is 0.349 e. The third kappa shape index (κ3) is 9.75. The Morgan fingerprint density at radius 2 is 1.65 bits per heavy atom. The van der Waals surface area contributed by atoms with Gasteiger partial charge in [-0.15, -0.1) is 22.7 Å². The number of pyridine rings is 1. The number of fused-ring (bicyclic) bond motifs is 1. The Kier molecular flexibility index (Phi) is 13.2. The number of benzene rings is 2. The average Bonchev–Trinajstić information content (AvgIpc) is 3.93. The highest BCUT2D eigenvalue weighted by Gasteiger charge is 2.45. The van der Waals surface area contributed by atoms with Gasteiger partial charge in [0.05, 0.1) is 21.4 Å². The van der Waals surface area contributed by atoms with E-state index in [9.17, 15) is 29.7 Å². The number of aromatic amines is 1. The van der Waals surface area contributed by atoms with E-state index in [2.05, 4.69) is 20.9 Å². The van der Waals surface area contributed by atoms with Gasteiger partial charge in [-0.05, 0) is 97.3 Å². The quantitative estimate of drug-likeness (QED) is 0.0526. The molecule has 2 aromatic carbocycles. The molecule has 3 aromatic heterocycles. The summed E-state index contributed by atoms with van der Waals surface area (Å²) in [5.74, 6) is -0.318. The van der Waals surface area contributed by atoms with Crippen LogP contribution in [0.1, 0.15) is 59.6 Å². The maximum atomic E-state index is 13.3. The van der Waals surface area contributed by atoms with Crippen molar-refractivity contribution >= 4 is 45.5 Å². The van der Waals surface area contributed by atoms with E-state index in [0.29, 0.717) is 64.3 Å². The number of esters is 1. The molecule has 1 saturated carbocycles. The van der Waals surface area contributed by atoms with Crippen LogP contribution in [0.3, 0.4) is 0 Å². The van der Waals surface area contributed by atoms with Gasteiger partial charge < -0.3 is 45.7 Å². The van der Waals surface area contributed by atoms with Gasteiger partial charge in [0.15, 0.2) is 6.61 Å². The molecule has 3 heterocycles. The highest BCUT2D eigenvalue weighted by atomic mass is 32.1. The molecule has 2 atom stereocenters. The fourth-order valence-corrected chi connectivity index (χ4v) is 8.42. The molecule has 0 bridgehead atoms. The molecular formula is C40H46N4O8S2. The standard InChI is InChI=1S/C40H46N4O8S2/c1-25(43-23-33(46)30-14-16-32(45)38-31(30)15-17-36(47)44-38)22-26-6-10-28(11-7-26)51-24-37(48)42-19-18-41-27-8-12-29(13-9-27)52-39(49)40(50,34-4-2-20-53-34)35-5-3-21-54-35/h2-7,10-11,14-17,20-21,25,27,29,33,41,43,45-46,50H,8-9,12-13,18-19,22-24H2,1H3,(H,42,48)(H,44,47). The van der Waals surface area contributed by atoms with Crippen LogP contribution in [0.25, 0.3) is 10.9 Å². The Morgan fingerprint density at radius 3 is 2.31 bits per heavy atom. The highest BCUT2D eigenvalue weighted by Crippen LogP contribution is 2.38. The molecule has 0 radical (unpaired) electrons. The Hall–Kier alpha value is -4.57. The van der Waals surface area contributed by atoms with Crippen LogP contribution in [-0.2, 0) is 26.3 Å². The molecule has 0 aliphatic heterocycles. The normalized spacial score (nSPS) is 17.2. The number of rotatable bonds is 17. The van der Waals surface area contributed by atoms with Crippen molar-refractivity contribution in [2.45, 2.75) is 68.9 Å². The lowest BCUT2D eigenvalue weighted by atomic mass is 9.92. The summed E-state index contributed by atoms with van der Waals surface area (Å²) in [6.07, 6.45) is 2.61. The largest absolute Gasteiger partial charge is 0.506 e. The number of phenolic OH excluding ortho intramolecular Hbond substituents is 1. The molecule has 54 heavy (non-hydrogen) atoms. The summed E-state index contributed by atoms with van der Waals surface area (Å²) in [5.41, 5.74) is -0.160. The molecule has 6 rings (SSSR count). The number of carbonyl (C=O) groups excluding carboxylic acids is 2. The summed E-state index contributed by atoms with van der Waals surface area (Å²) < 4.78 is 11.5. The van der Waals surface area contributed by atoms with Gasteiger partial charge in [-0.25, -0.2) is 4.79 Å². The highest BCUT2D eigenvalue weighted by molar-refractivity contribution is 7.12. The number of H-pyrrole nitrogens is 1. The van der Waals surface area contributed by atoms with Crippen molar-refractivity contribution in [3.63, 3.8) is 0 Å². The van der Waals surface area contributed by atoms with Gasteiger partial charge in [0, 0.05) is 43.2 Å². The van der Waals surface area contributed by atoms with Crippen molar-refractivity contribution in [3.8, 4) is 11.5 Å². The van der Waals surface area contributed by atoms with Gasteiger partial charge in [0.2, 0.25) is 11.2 Å². The summed E-state index contributed by atoms with van der Waals surface area (Å²) in [6, 6.07) is 21.0. The van der Waals surface area contributed by atoms with Gasteiger partial charge in [-0.1, -0.05) is 30.3 Å². The van der Waals surface area contributed by atoms with Crippen molar-refractivity contribution in [2.75, 3.05) is 26.2 Å². The van der Waals surface area contributed by atoms with E-state index in [1.165, 1.54) is 34.8 Å². The summed E-state index contributed by atoms with van der Waals surface area (Å²) in [5, 5.41) is 46.4. The van der Waals surface area contributed by atoms with Crippen LogP contribution in [-0.4, -0.2) is 76.6 Å². The van der Waals surface area contributed by atoms with Gasteiger partial charge in [-0.3, -0.25) is 9.59 Å². The number of thiophene rings is 2. The number of phenols is 1. The minimum atomic E-state index is -1.80. The van der Waals surface area contributed by atoms with Crippen LogP contribution >= 0.6 is 22.7 Å². The van der Waals surface area contributed by atoms with Crippen molar-refractivity contribution in [1.82, 2.24) is 20.9 Å². The number of aromatic hydroxyl groups is 1. The van der Waals surface area contributed by atoms with Crippen LogP contribution < -0.4 is 26.2 Å². The lowest BCUT2D eigenvalue weighted by Gasteiger charge is -2.32. The predicted molar refractivity (Wildman–Crippen MR) is 209 cm³/mol. The molecule has 286 valence electrons. The van der Waals surface area contributed by atoms with Gasteiger partial charge in [0.1, 0.15) is 17.6 Å². The third-order valence-electron chi connectivity index (χ3n) is 9.64. The molecule has 0 saturated heterocycles. The molecule has 0 spiro atoms. The second-order valence-electron chi connectivity index (χ2n) is 13.6. The van der Waals surface area contributed by atoms with Crippen LogP contribution in [0.5, 0.6) is 11.5 Å². The first kappa shape index (κ1) is 39.1. The van der Waals surface area contributed by atoms with Crippen molar-refractivity contribution in [1.29, 1.82) is 0 Å². The van der Waals surface area contributed by atoms with E-state index in [1.807, 2.05) is 54.1 Å². The lowest BCUT2D eigenvalue weighted by molar-refractivity contribution is -0.169. The molecule has 5 aromatic rings. The number of ether oxygens (including phenoxy) is 2. The SMILES string of the molecule is CC(Cc1ccc(OCC(=O)NCCNC2CCC(OC(=O)C(O)(c3cccs3)c3cccs3)CC2)cc1)NCC(O)c1ccc(O)c2[nH]c(=O)ccc12. The first-order valence-electron chi connectivity index (χ1n) is 18.1. The minimum Gasteiger partial charge on any atom is -0.506 e. The Labute approximate surface area is 321 Å². The summed E-state index contributed by atoms with van der Waals surface area (Å²) in [4.78, 5) is 41.1. The third-order valence-corrected chi connectivity index (χ3v) is 11.6. The van der Waals surface area contributed by atoms with E-state index in [0.717, 1.165) is 18.4 Å². The molecule has 1 fully saturated rings. The molecule has 12 nitrogen and oxygen atoms in total. The first-order chi connectivity index (χ1) is 26.1. The number of aliphatic hydroxyl groups excluding tert-OH is 1. The number of aliphatic hydroxyl groups is 2. The predicted octanol–water partition coefficient (Wildman–Crippen LogP) is 4.49. The number of aromatic nitrogens is 1. The zero-order chi connectivity index (χ0) is 38.1. The van der Waals surface area contributed by atoms with E-state index in [-0.39, 0.29) is 48.6 Å². The van der Waals surface area contributed by atoms with Gasteiger partial charge >= 0.3 is 5.97 Å². The smallest absolute Gasteiger partial charge is 0.349 e. The molecular weight excluding hydrogens is 729 g/mol. The maximum absolute atomic E-state index is 13.3. The average molecular weight is 775 g/mol. The summed E-state index contributed by atoms with van der Waals surface area (Å²) in [6.45, 7) is 3.25. The second-order valence-corrected chi connectivity index (χ2v) is 15.5. The van der Waals surface area contributed by atoms with E-state index in [1.54, 1.807) is 24.3 Å². The zero-order valence-corrected chi connectivity index (χ0v) is 31.6. The molecule has 2 unspecified atom stereocenters. The number of amides is 1. The molecule has 1 aliphatic carbocycles. The number of carbonyl (C=O) groups is 2. The van der Waals surface area contributed by atoms with Crippen LogP contribution in [0.4, 0.5) is 0 Å². The fourth-order valence-electron chi connectivity index (χ4n) is 6.71. The molecule has 14 heteroatoms. The Balaban J connectivity index is 0.846. The Bertz CT molecular complexity index is 1990. The molecule has 1 amide bonds. The van der Waals surface area contributed by atoms with Crippen molar-refractivity contribution in [3.05, 3.63) is 115 Å². The van der Waals surface area contributed by atoms with E-state index in [4.69, 9.17) is 9.47 Å². The monoisotopic (exact) mass is 774 g/mol. The minimum absolute atomic E-state index is 0.0428. The van der Waals surface area contributed by atoms with Crippen LogP contribution in [0.2, 0.25) is 0 Å². The second kappa shape index (κ2) is 18.2. The van der Waals surface area contributed by atoms with Crippen molar-refractivity contribution < 1.29 is 34.4 Å². The molecule has 7 N–H and O–H groups in total. The first-order valence-corrected chi connectivity index (χ1v) is 19.9. The fraction of sp³-hybridized carbons (Fsp3) is 0.375. The zero-order valence-electron chi connectivity index (χ0n) is 30.0. The summed E-state index contributed by atoms with van der Waals surface area (Å²) in [7, 11) is 0. The molecule has 1 aliphatic rings. The topological polar surface area (TPSA) is 182 Å².